The number of fused-ring (bicyclic) bond motifs is 1. The number of hydrogen-bond acceptors (Lipinski definition) is 7. The number of phenols is 1. The average molecular weight is 456 g/mol. The van der Waals surface area contributed by atoms with Gasteiger partial charge in [0.15, 0.2) is 5.78 Å². The Bertz CT molecular complexity index is 1290. The Balaban J connectivity index is 0.000000523. The summed E-state index contributed by atoms with van der Waals surface area (Å²) in [6.07, 6.45) is 0. The van der Waals surface area contributed by atoms with Gasteiger partial charge in [-0.25, -0.2) is 23.6 Å². The summed E-state index contributed by atoms with van der Waals surface area (Å²) < 4.78 is 40.0. The van der Waals surface area contributed by atoms with Gasteiger partial charge in [-0.3, -0.25) is 4.79 Å². The van der Waals surface area contributed by atoms with Crippen LogP contribution in [0.1, 0.15) is 17.3 Å². The second-order valence-electron chi connectivity index (χ2n) is 6.71. The number of nitrogens with one attached hydrogen (secondary N) is 1. The summed E-state index contributed by atoms with van der Waals surface area (Å²) in [5.74, 6) is 0.915. The molecule has 0 saturated carbocycles. The van der Waals surface area contributed by atoms with Gasteiger partial charge in [-0.05, 0) is 37.3 Å². The van der Waals surface area contributed by atoms with Crippen molar-refractivity contribution in [1.82, 2.24) is 0 Å². The van der Waals surface area contributed by atoms with Crippen LogP contribution in [-0.2, 0) is 0 Å². The van der Waals surface area contributed by atoms with Crippen molar-refractivity contribution in [2.24, 2.45) is 0 Å². The van der Waals surface area contributed by atoms with E-state index in [0.717, 1.165) is 27.8 Å². The lowest BCUT2D eigenvalue weighted by atomic mass is 10.1. The monoisotopic (exact) mass is 455 g/mol. The number of rotatable bonds is 3. The fourth-order valence-corrected chi connectivity index (χ4v) is 2.97. The summed E-state index contributed by atoms with van der Waals surface area (Å²) in [7, 11) is -4.94. The highest BCUT2D eigenvalue weighted by atomic mass is 35.7. The highest BCUT2D eigenvalue weighted by molar-refractivity contribution is 5.94. The van der Waals surface area contributed by atoms with Gasteiger partial charge in [0.25, 0.3) is 0 Å². The van der Waals surface area contributed by atoms with Gasteiger partial charge < -0.3 is 9.52 Å². The Hall–Kier alpha value is -3.53. The van der Waals surface area contributed by atoms with Crippen LogP contribution < -0.4 is 29.0 Å². The number of aromatic hydroxyl groups is 1. The van der Waals surface area contributed by atoms with Gasteiger partial charge in [-0.15, -0.1) is 10.2 Å². The maximum atomic E-state index is 11.5. The number of Topliss-reactive ketones (excluding diaryl/α,β-unsaturated/α-hetero) is 1. The number of carbonyl (C=O) groups is 1. The third kappa shape index (κ3) is 6.48. The van der Waals surface area contributed by atoms with E-state index in [1.807, 2.05) is 48.5 Å². The van der Waals surface area contributed by atoms with Gasteiger partial charge in [0.1, 0.15) is 17.1 Å². The maximum Gasteiger partial charge on any atom is 0.218 e. The summed E-state index contributed by atoms with van der Waals surface area (Å²) in [6, 6.07) is 24.1. The highest BCUT2D eigenvalue weighted by Crippen LogP contribution is 2.23. The van der Waals surface area contributed by atoms with Crippen molar-refractivity contribution in [1.29, 1.82) is 0 Å². The normalized spacial score (nSPS) is 11.7. The number of halogens is 1. The standard InChI is InChI=1S/C23H17NO3.ClHO4/c1-15(25)16-7-9-18(10-8-16)24-21-14-23(17-5-3-2-4-6-17)27-22-12-11-19(26)13-20(21)22;2-1(3,4)5/h2-14,26H,1H3;(H,2,3,4,5). The predicted molar refractivity (Wildman–Crippen MR) is 104 cm³/mol. The van der Waals surface area contributed by atoms with Crippen molar-refractivity contribution >= 4 is 22.4 Å². The van der Waals surface area contributed by atoms with E-state index in [2.05, 4.69) is 4.99 Å². The van der Waals surface area contributed by atoms with E-state index in [-0.39, 0.29) is 11.5 Å². The Morgan fingerprint density at radius 2 is 1.53 bits per heavy atom. The van der Waals surface area contributed by atoms with E-state index in [4.69, 9.17) is 23.1 Å². The second-order valence-corrected chi connectivity index (χ2v) is 7.46. The summed E-state index contributed by atoms with van der Waals surface area (Å²) in [5, 5.41) is 11.5. The molecule has 0 amide bonds. The molecule has 164 valence electrons. The van der Waals surface area contributed by atoms with E-state index >= 15 is 0 Å². The molecule has 0 spiro atoms. The minimum absolute atomic E-state index is 0.0294. The maximum absolute atomic E-state index is 11.5. The molecule has 0 saturated heterocycles. The number of carbonyl (C=O) groups excluding carboxylic acids is 1. The largest absolute Gasteiger partial charge is 0.508 e. The van der Waals surface area contributed by atoms with Crippen LogP contribution in [0.2, 0.25) is 0 Å². The van der Waals surface area contributed by atoms with Crippen LogP contribution in [0.5, 0.6) is 5.75 Å². The van der Waals surface area contributed by atoms with Crippen LogP contribution >= 0.6 is 0 Å². The Kier molecular flexibility index (Phi) is 7.04. The number of hydrogen-bond donors (Lipinski definition) is 2. The quantitative estimate of drug-likeness (QED) is 0.358. The van der Waals surface area contributed by atoms with Crippen LogP contribution in [0.4, 0.5) is 5.69 Å². The smallest absolute Gasteiger partial charge is 0.218 e. The Labute approximate surface area is 184 Å². The van der Waals surface area contributed by atoms with Crippen LogP contribution in [0.3, 0.4) is 0 Å². The molecule has 0 aliphatic heterocycles. The minimum Gasteiger partial charge on any atom is -0.508 e. The number of ketones is 1. The van der Waals surface area contributed by atoms with E-state index in [1.165, 1.54) is 0 Å². The zero-order chi connectivity index (χ0) is 23.3. The number of phenolic OH excluding ortho intramolecular Hbond substituents is 1. The van der Waals surface area contributed by atoms with Crippen molar-refractivity contribution in [3.8, 4) is 17.1 Å². The highest BCUT2D eigenvalue weighted by Gasteiger charge is 2.10. The van der Waals surface area contributed by atoms with Gasteiger partial charge in [0.2, 0.25) is 11.0 Å². The fourth-order valence-electron chi connectivity index (χ4n) is 2.97. The molecule has 0 aliphatic rings. The molecule has 0 aliphatic carbocycles. The molecule has 8 nitrogen and oxygen atoms in total. The molecule has 2 N–H and O–H groups in total. The summed E-state index contributed by atoms with van der Waals surface area (Å²) in [5.41, 5.74) is 3.13. The predicted octanol–water partition coefficient (Wildman–Crippen LogP) is -1.43. The first-order valence-corrected chi connectivity index (χ1v) is 10.5. The van der Waals surface area contributed by atoms with Crippen LogP contribution in [-0.4, -0.2) is 10.9 Å². The van der Waals surface area contributed by atoms with Crippen molar-refractivity contribution < 1.29 is 48.2 Å². The molecule has 0 radical (unpaired) electrons. The summed E-state index contributed by atoms with van der Waals surface area (Å²) in [6.45, 7) is 1.55. The van der Waals surface area contributed by atoms with E-state index in [9.17, 15) is 9.90 Å². The van der Waals surface area contributed by atoms with Crippen molar-refractivity contribution in [2.75, 3.05) is 0 Å². The summed E-state index contributed by atoms with van der Waals surface area (Å²) in [4.78, 5) is 14.8. The molecule has 0 fully saturated rings. The first kappa shape index (κ1) is 23.1. The summed E-state index contributed by atoms with van der Waals surface area (Å²) >= 11 is 0. The molecule has 0 atom stereocenters. The lowest BCUT2D eigenvalue weighted by Crippen LogP contribution is -2.70. The third-order valence-corrected chi connectivity index (χ3v) is 4.38. The third-order valence-electron chi connectivity index (χ3n) is 4.38. The first-order chi connectivity index (χ1) is 15.1. The molecule has 9 heteroatoms. The molecule has 32 heavy (non-hydrogen) atoms. The van der Waals surface area contributed by atoms with Crippen molar-refractivity contribution in [2.45, 2.75) is 6.92 Å². The lowest BCUT2D eigenvalue weighted by Gasteiger charge is -2.17. The lowest BCUT2D eigenvalue weighted by molar-refractivity contribution is -2.00. The van der Waals surface area contributed by atoms with Gasteiger partial charge in [0.05, 0.1) is 11.5 Å². The van der Waals surface area contributed by atoms with E-state index < -0.39 is 10.2 Å². The molecule has 4 aromatic rings. The SMILES string of the molecule is CC(=O)c1ccc([NH+]=c2cc(-c3ccccc3)oc3ccc(O)cc23)cc1.[O-][Cl+3]([O-])([O-])[O-]. The van der Waals surface area contributed by atoms with E-state index in [0.29, 0.717) is 11.1 Å². The molecular formula is C23H18ClNO7. The van der Waals surface area contributed by atoms with Crippen molar-refractivity contribution in [3.05, 3.63) is 89.8 Å². The molecule has 4 rings (SSSR count). The number of benzene rings is 3. The van der Waals surface area contributed by atoms with Gasteiger partial charge in [-0.2, -0.15) is 0 Å². The molecule has 1 aromatic heterocycles. The molecule has 3 aromatic carbocycles. The molecule has 0 bridgehead atoms. The topological polar surface area (TPSA) is 157 Å². The second kappa shape index (κ2) is 9.73. The molecule has 1 heterocycles. The zero-order valence-electron chi connectivity index (χ0n) is 16.8. The van der Waals surface area contributed by atoms with Gasteiger partial charge >= 0.3 is 0 Å². The first-order valence-electron chi connectivity index (χ1n) is 9.25. The van der Waals surface area contributed by atoms with Crippen LogP contribution in [0.15, 0.2) is 83.3 Å². The van der Waals surface area contributed by atoms with Crippen LogP contribution in [0.25, 0.3) is 22.3 Å². The zero-order valence-corrected chi connectivity index (χ0v) is 17.5. The molecular weight excluding hydrogens is 438 g/mol. The van der Waals surface area contributed by atoms with Gasteiger partial charge in [0, 0.05) is 23.3 Å². The minimum atomic E-state index is -4.94. The van der Waals surface area contributed by atoms with Gasteiger partial charge in [-0.1, -0.05) is 30.3 Å². The van der Waals surface area contributed by atoms with Crippen molar-refractivity contribution in [3.63, 3.8) is 0 Å². The fraction of sp³-hybridized carbons (Fsp3) is 0.0435. The van der Waals surface area contributed by atoms with E-state index in [1.54, 1.807) is 37.3 Å². The molecule has 0 unspecified atom stereocenters. The van der Waals surface area contributed by atoms with Crippen LogP contribution in [0, 0.1) is 10.2 Å². The Morgan fingerprint density at radius 3 is 2.12 bits per heavy atom. The Morgan fingerprint density at radius 1 is 0.906 bits per heavy atom. The average Bonchev–Trinajstić information content (AvgIpc) is 2.74.